The van der Waals surface area contributed by atoms with Crippen LogP contribution in [0.15, 0.2) is 24.5 Å². The number of fused-ring (bicyclic) bond motifs is 1. The normalized spacial score (nSPS) is 14.2. The lowest BCUT2D eigenvalue weighted by Crippen LogP contribution is -2.20. The average Bonchev–Trinajstić information content (AvgIpc) is 2.78. The van der Waals surface area contributed by atoms with Crippen LogP contribution in [0, 0.1) is 0 Å². The number of nitrogens with zero attached hydrogens (tertiary/aromatic N) is 2. The van der Waals surface area contributed by atoms with Crippen molar-refractivity contribution in [2.75, 3.05) is 6.61 Å². The third kappa shape index (κ3) is 1.78. The van der Waals surface area contributed by atoms with Crippen LogP contribution in [-0.4, -0.2) is 22.1 Å². The van der Waals surface area contributed by atoms with Crippen molar-refractivity contribution in [1.29, 1.82) is 0 Å². The van der Waals surface area contributed by atoms with E-state index in [4.69, 9.17) is 27.9 Å². The lowest BCUT2D eigenvalue weighted by molar-refractivity contribution is 0.0468. The van der Waals surface area contributed by atoms with E-state index in [-0.39, 0.29) is 5.97 Å². The van der Waals surface area contributed by atoms with Crippen LogP contribution >= 0.6 is 23.2 Å². The van der Waals surface area contributed by atoms with Gasteiger partial charge in [-0.1, -0.05) is 23.2 Å². The van der Waals surface area contributed by atoms with Gasteiger partial charge in [0, 0.05) is 12.1 Å². The molecule has 1 aliphatic heterocycles. The predicted octanol–water partition coefficient (Wildman–Crippen LogP) is 2.89. The van der Waals surface area contributed by atoms with Crippen LogP contribution in [0.3, 0.4) is 0 Å². The number of imidazole rings is 1. The van der Waals surface area contributed by atoms with Crippen molar-refractivity contribution in [3.63, 3.8) is 0 Å². The molecule has 0 fully saturated rings. The maximum absolute atomic E-state index is 11.8. The Hall–Kier alpha value is -1.52. The number of ether oxygens (including phenoxy) is 1. The Kier molecular flexibility index (Phi) is 2.76. The van der Waals surface area contributed by atoms with Crippen molar-refractivity contribution < 1.29 is 9.53 Å². The molecule has 18 heavy (non-hydrogen) atoms. The highest BCUT2D eigenvalue weighted by atomic mass is 35.5. The van der Waals surface area contributed by atoms with E-state index in [1.807, 2.05) is 0 Å². The van der Waals surface area contributed by atoms with Crippen molar-refractivity contribution >= 4 is 29.2 Å². The van der Waals surface area contributed by atoms with Gasteiger partial charge < -0.3 is 4.74 Å². The second-order valence-corrected chi connectivity index (χ2v) is 4.71. The summed E-state index contributed by atoms with van der Waals surface area (Å²) < 4.78 is 6.69. The summed E-state index contributed by atoms with van der Waals surface area (Å²) in [5, 5.41) is 0.901. The van der Waals surface area contributed by atoms with Gasteiger partial charge in [0.25, 0.3) is 0 Å². The fraction of sp³-hybridized carbons (Fsp3) is 0.167. The molecule has 0 bridgehead atoms. The van der Waals surface area contributed by atoms with Gasteiger partial charge in [-0.2, -0.15) is 0 Å². The topological polar surface area (TPSA) is 44.1 Å². The van der Waals surface area contributed by atoms with Crippen LogP contribution in [0.25, 0.3) is 5.69 Å². The third-order valence-electron chi connectivity index (χ3n) is 2.79. The summed E-state index contributed by atoms with van der Waals surface area (Å²) in [6.45, 7) is 0.379. The molecule has 0 N–H and O–H groups in total. The molecule has 2 aromatic rings. The number of rotatable bonds is 1. The Labute approximate surface area is 113 Å². The summed E-state index contributed by atoms with van der Waals surface area (Å²) in [5.74, 6) is -0.361. The van der Waals surface area contributed by atoms with Gasteiger partial charge in [0.2, 0.25) is 0 Å². The number of hydrogen-bond donors (Lipinski definition) is 0. The van der Waals surface area contributed by atoms with Crippen molar-refractivity contribution in [3.05, 3.63) is 46.0 Å². The van der Waals surface area contributed by atoms with Crippen LogP contribution in [0.4, 0.5) is 0 Å². The molecule has 0 radical (unpaired) electrons. The summed E-state index contributed by atoms with van der Waals surface area (Å²) >= 11 is 11.8. The van der Waals surface area contributed by atoms with E-state index >= 15 is 0 Å². The number of hydrogen-bond acceptors (Lipinski definition) is 3. The average molecular weight is 283 g/mol. The van der Waals surface area contributed by atoms with Gasteiger partial charge in [-0.3, -0.25) is 4.57 Å². The molecular weight excluding hydrogens is 275 g/mol. The SMILES string of the molecule is O=C1OCCc2ncn(-c3ccc(Cl)c(Cl)c3)c21. The maximum Gasteiger partial charge on any atom is 0.357 e. The second-order valence-electron chi connectivity index (χ2n) is 3.89. The summed E-state index contributed by atoms with van der Waals surface area (Å²) in [6.07, 6.45) is 2.23. The number of esters is 1. The number of carbonyl (C=O) groups excluding carboxylic acids is 1. The van der Waals surface area contributed by atoms with Gasteiger partial charge in [-0.25, -0.2) is 9.78 Å². The van der Waals surface area contributed by atoms with Gasteiger partial charge >= 0.3 is 5.97 Å². The highest BCUT2D eigenvalue weighted by molar-refractivity contribution is 6.42. The molecule has 0 saturated carbocycles. The molecule has 4 nitrogen and oxygen atoms in total. The zero-order chi connectivity index (χ0) is 12.7. The molecule has 1 aromatic carbocycles. The van der Waals surface area contributed by atoms with Crippen LogP contribution in [-0.2, 0) is 11.2 Å². The smallest absolute Gasteiger partial charge is 0.357 e. The van der Waals surface area contributed by atoms with Crippen LogP contribution in [0.1, 0.15) is 16.2 Å². The Balaban J connectivity index is 2.15. The zero-order valence-electron chi connectivity index (χ0n) is 9.19. The van der Waals surface area contributed by atoms with Crippen molar-refractivity contribution in [1.82, 2.24) is 9.55 Å². The molecule has 0 aliphatic carbocycles. The Morgan fingerprint density at radius 2 is 2.11 bits per heavy atom. The minimum absolute atomic E-state index is 0.361. The summed E-state index contributed by atoms with van der Waals surface area (Å²) in [6, 6.07) is 5.14. The van der Waals surface area contributed by atoms with Crippen molar-refractivity contribution in [2.24, 2.45) is 0 Å². The van der Waals surface area contributed by atoms with E-state index < -0.39 is 0 Å². The molecular formula is C12H8Cl2N2O2. The van der Waals surface area contributed by atoms with Crippen LogP contribution < -0.4 is 0 Å². The van der Waals surface area contributed by atoms with Gasteiger partial charge in [0.05, 0.1) is 22.3 Å². The molecule has 2 heterocycles. The minimum Gasteiger partial charge on any atom is -0.461 e. The van der Waals surface area contributed by atoms with Gasteiger partial charge in [0.15, 0.2) is 5.69 Å². The highest BCUT2D eigenvalue weighted by Crippen LogP contribution is 2.26. The fourth-order valence-electron chi connectivity index (χ4n) is 1.92. The molecule has 1 aliphatic rings. The monoisotopic (exact) mass is 282 g/mol. The molecule has 1 aromatic heterocycles. The Bertz CT molecular complexity index is 637. The molecule has 6 heteroatoms. The van der Waals surface area contributed by atoms with Crippen molar-refractivity contribution in [3.8, 4) is 5.69 Å². The Morgan fingerprint density at radius 1 is 1.28 bits per heavy atom. The number of aromatic nitrogens is 2. The summed E-state index contributed by atoms with van der Waals surface area (Å²) in [7, 11) is 0. The highest BCUT2D eigenvalue weighted by Gasteiger charge is 2.25. The first kappa shape index (κ1) is 11.6. The first-order chi connectivity index (χ1) is 8.66. The predicted molar refractivity (Wildman–Crippen MR) is 67.6 cm³/mol. The third-order valence-corrected chi connectivity index (χ3v) is 3.53. The number of benzene rings is 1. The lowest BCUT2D eigenvalue weighted by Gasteiger charge is -2.14. The van der Waals surface area contributed by atoms with E-state index in [0.29, 0.717) is 28.8 Å². The number of cyclic esters (lactones) is 1. The minimum atomic E-state index is -0.361. The van der Waals surface area contributed by atoms with E-state index in [1.54, 1.807) is 29.1 Å². The van der Waals surface area contributed by atoms with E-state index in [2.05, 4.69) is 4.98 Å². The Morgan fingerprint density at radius 3 is 2.89 bits per heavy atom. The molecule has 0 atom stereocenters. The molecule has 3 rings (SSSR count). The van der Waals surface area contributed by atoms with Crippen molar-refractivity contribution in [2.45, 2.75) is 6.42 Å². The van der Waals surface area contributed by atoms with Gasteiger partial charge in [-0.05, 0) is 18.2 Å². The van der Waals surface area contributed by atoms with Gasteiger partial charge in [0.1, 0.15) is 6.33 Å². The maximum atomic E-state index is 11.8. The first-order valence-corrected chi connectivity index (χ1v) is 6.11. The largest absolute Gasteiger partial charge is 0.461 e. The molecule has 0 amide bonds. The molecule has 0 unspecified atom stereocenters. The quantitative estimate of drug-likeness (QED) is 0.756. The van der Waals surface area contributed by atoms with E-state index in [0.717, 1.165) is 11.4 Å². The second kappa shape index (κ2) is 4.30. The number of carbonyl (C=O) groups is 1. The van der Waals surface area contributed by atoms with E-state index in [9.17, 15) is 4.79 Å². The first-order valence-electron chi connectivity index (χ1n) is 5.35. The van der Waals surface area contributed by atoms with E-state index in [1.165, 1.54) is 0 Å². The standard InChI is InChI=1S/C12H8Cl2N2O2/c13-8-2-1-7(5-9(8)14)16-6-15-10-3-4-18-12(17)11(10)16/h1-2,5-6H,3-4H2. The number of halogens is 2. The fourth-order valence-corrected chi connectivity index (χ4v) is 2.22. The summed E-state index contributed by atoms with van der Waals surface area (Å²) in [4.78, 5) is 16.0. The molecule has 92 valence electrons. The lowest BCUT2D eigenvalue weighted by atomic mass is 10.2. The zero-order valence-corrected chi connectivity index (χ0v) is 10.7. The van der Waals surface area contributed by atoms with Crippen LogP contribution in [0.5, 0.6) is 0 Å². The molecule has 0 spiro atoms. The van der Waals surface area contributed by atoms with Gasteiger partial charge in [-0.15, -0.1) is 0 Å². The summed E-state index contributed by atoms with van der Waals surface area (Å²) in [5.41, 5.74) is 1.94. The van der Waals surface area contributed by atoms with Crippen LogP contribution in [0.2, 0.25) is 10.0 Å². The molecule has 0 saturated heterocycles.